The first kappa shape index (κ1) is 19.2. The molecule has 0 aromatic heterocycles. The van der Waals surface area contributed by atoms with Crippen LogP contribution < -0.4 is 10.5 Å². The number of hydrogen-bond acceptors (Lipinski definition) is 5. The molecule has 0 spiro atoms. The minimum absolute atomic E-state index is 0.0529. The molecule has 1 aromatic carbocycles. The van der Waals surface area contributed by atoms with Gasteiger partial charge in [0.05, 0.1) is 7.11 Å². The summed E-state index contributed by atoms with van der Waals surface area (Å²) < 4.78 is 10.1. The lowest BCUT2D eigenvalue weighted by atomic mass is 10.0. The van der Waals surface area contributed by atoms with Crippen LogP contribution in [0.4, 0.5) is 0 Å². The highest BCUT2D eigenvalue weighted by Crippen LogP contribution is 2.27. The monoisotopic (exact) mass is 349 g/mol. The van der Waals surface area contributed by atoms with Crippen LogP contribution in [0, 0.1) is 0 Å². The van der Waals surface area contributed by atoms with Gasteiger partial charge in [0.15, 0.2) is 0 Å². The summed E-state index contributed by atoms with van der Waals surface area (Å²) >= 11 is 0. The topological polar surface area (TPSA) is 85.1 Å². The number of primary amides is 1. The van der Waals surface area contributed by atoms with Crippen LogP contribution in [-0.2, 0) is 14.3 Å². The average molecular weight is 349 g/mol. The third-order valence-corrected chi connectivity index (χ3v) is 4.68. The summed E-state index contributed by atoms with van der Waals surface area (Å²) in [7, 11) is 3.14. The number of hydrogen-bond donors (Lipinski definition) is 1. The van der Waals surface area contributed by atoms with Crippen molar-refractivity contribution < 1.29 is 19.1 Å². The van der Waals surface area contributed by atoms with Crippen LogP contribution in [-0.4, -0.2) is 68.1 Å². The van der Waals surface area contributed by atoms with Crippen LogP contribution in [0.3, 0.4) is 0 Å². The second kappa shape index (κ2) is 8.82. The lowest BCUT2D eigenvalue weighted by molar-refractivity contribution is -0.139. The fourth-order valence-electron chi connectivity index (χ4n) is 3.31. The van der Waals surface area contributed by atoms with Gasteiger partial charge in [0.1, 0.15) is 12.4 Å². The molecule has 0 bridgehead atoms. The fraction of sp³-hybridized carbons (Fsp3) is 0.556. The lowest BCUT2D eigenvalue weighted by Gasteiger charge is -2.44. The van der Waals surface area contributed by atoms with E-state index in [2.05, 4.69) is 11.8 Å². The van der Waals surface area contributed by atoms with Gasteiger partial charge in [-0.3, -0.25) is 14.5 Å². The van der Waals surface area contributed by atoms with E-state index in [1.807, 2.05) is 24.3 Å². The molecular weight excluding hydrogens is 322 g/mol. The predicted molar refractivity (Wildman–Crippen MR) is 94.2 cm³/mol. The Morgan fingerprint density at radius 3 is 2.48 bits per heavy atom. The van der Waals surface area contributed by atoms with Gasteiger partial charge in [-0.05, 0) is 24.6 Å². The van der Waals surface area contributed by atoms with Crippen molar-refractivity contribution in [2.24, 2.45) is 5.73 Å². The van der Waals surface area contributed by atoms with E-state index in [-0.39, 0.29) is 36.9 Å². The number of amides is 2. The molecule has 7 nitrogen and oxygen atoms in total. The Balaban J connectivity index is 2.13. The molecule has 2 amide bonds. The molecule has 2 rings (SSSR count). The van der Waals surface area contributed by atoms with Gasteiger partial charge < -0.3 is 20.1 Å². The molecule has 2 atom stereocenters. The number of ether oxygens (including phenoxy) is 2. The SMILES string of the molecule is COCC(=O)N1CCN(C(C)c2ccc(OC)cc2)C(CC(N)=O)C1. The molecule has 0 aliphatic carbocycles. The highest BCUT2D eigenvalue weighted by molar-refractivity contribution is 5.78. The number of nitrogens with two attached hydrogens (primary N) is 1. The number of carbonyl (C=O) groups excluding carboxylic acids is 2. The zero-order chi connectivity index (χ0) is 18.4. The summed E-state index contributed by atoms with van der Waals surface area (Å²) in [5.41, 5.74) is 6.56. The van der Waals surface area contributed by atoms with Crippen molar-refractivity contribution in [2.75, 3.05) is 40.5 Å². The van der Waals surface area contributed by atoms with E-state index in [9.17, 15) is 9.59 Å². The highest BCUT2D eigenvalue weighted by Gasteiger charge is 2.33. The number of methoxy groups -OCH3 is 2. The standard InChI is InChI=1S/C18H27N3O4/c1-13(14-4-6-16(25-3)7-5-14)21-9-8-20(18(23)12-24-2)11-15(21)10-17(19)22/h4-7,13,15H,8-12H2,1-3H3,(H2,19,22). The van der Waals surface area contributed by atoms with Crippen molar-refractivity contribution in [1.29, 1.82) is 0 Å². The van der Waals surface area contributed by atoms with Gasteiger partial charge in [0.25, 0.3) is 0 Å². The maximum absolute atomic E-state index is 12.1. The summed E-state index contributed by atoms with van der Waals surface area (Å²) in [4.78, 5) is 27.6. The first-order chi connectivity index (χ1) is 12.0. The Morgan fingerprint density at radius 1 is 1.24 bits per heavy atom. The van der Waals surface area contributed by atoms with E-state index in [0.29, 0.717) is 19.6 Å². The Hall–Kier alpha value is -2.12. The second-order valence-electron chi connectivity index (χ2n) is 6.28. The van der Waals surface area contributed by atoms with E-state index >= 15 is 0 Å². The summed E-state index contributed by atoms with van der Waals surface area (Å²) in [6, 6.07) is 7.89. The molecule has 0 saturated carbocycles. The Labute approximate surface area is 148 Å². The molecule has 1 aliphatic heterocycles. The van der Waals surface area contributed by atoms with Crippen molar-refractivity contribution in [3.63, 3.8) is 0 Å². The van der Waals surface area contributed by atoms with E-state index in [1.54, 1.807) is 12.0 Å². The van der Waals surface area contributed by atoms with Crippen LogP contribution in [0.25, 0.3) is 0 Å². The van der Waals surface area contributed by atoms with Crippen LogP contribution in [0.1, 0.15) is 24.9 Å². The molecule has 1 aromatic rings. The van der Waals surface area contributed by atoms with Gasteiger partial charge in [0, 0.05) is 45.2 Å². The summed E-state index contributed by atoms with van der Waals surface area (Å²) in [5.74, 6) is 0.381. The minimum atomic E-state index is -0.363. The molecule has 25 heavy (non-hydrogen) atoms. The Morgan fingerprint density at radius 2 is 1.92 bits per heavy atom. The fourth-order valence-corrected chi connectivity index (χ4v) is 3.31. The van der Waals surface area contributed by atoms with E-state index in [4.69, 9.17) is 15.2 Å². The van der Waals surface area contributed by atoms with E-state index < -0.39 is 0 Å². The molecule has 0 radical (unpaired) electrons. The normalized spacial score (nSPS) is 19.5. The average Bonchev–Trinajstić information content (AvgIpc) is 2.61. The molecular formula is C18H27N3O4. The quantitative estimate of drug-likeness (QED) is 0.787. The summed E-state index contributed by atoms with van der Waals surface area (Å²) in [5, 5.41) is 0. The Bertz CT molecular complexity index is 590. The first-order valence-electron chi connectivity index (χ1n) is 8.41. The Kier molecular flexibility index (Phi) is 6.78. The molecule has 2 unspecified atom stereocenters. The molecule has 7 heteroatoms. The van der Waals surface area contributed by atoms with Crippen molar-refractivity contribution in [3.8, 4) is 5.75 Å². The number of carbonyl (C=O) groups is 2. The van der Waals surface area contributed by atoms with Crippen LogP contribution in [0.5, 0.6) is 5.75 Å². The van der Waals surface area contributed by atoms with Gasteiger partial charge in [0.2, 0.25) is 11.8 Å². The van der Waals surface area contributed by atoms with Gasteiger partial charge >= 0.3 is 0 Å². The van der Waals surface area contributed by atoms with Crippen LogP contribution >= 0.6 is 0 Å². The van der Waals surface area contributed by atoms with Gasteiger partial charge in [-0.25, -0.2) is 0 Å². The largest absolute Gasteiger partial charge is 0.497 e. The summed E-state index contributed by atoms with van der Waals surface area (Å²) in [6.07, 6.45) is 0.220. The van der Waals surface area contributed by atoms with Crippen molar-refractivity contribution in [2.45, 2.75) is 25.4 Å². The molecule has 2 N–H and O–H groups in total. The van der Waals surface area contributed by atoms with E-state index in [0.717, 1.165) is 11.3 Å². The third kappa shape index (κ3) is 4.93. The van der Waals surface area contributed by atoms with Crippen molar-refractivity contribution in [1.82, 2.24) is 9.80 Å². The summed E-state index contributed by atoms with van der Waals surface area (Å²) in [6.45, 7) is 3.92. The maximum atomic E-state index is 12.1. The zero-order valence-electron chi connectivity index (χ0n) is 15.1. The second-order valence-corrected chi connectivity index (χ2v) is 6.28. The first-order valence-corrected chi connectivity index (χ1v) is 8.41. The van der Waals surface area contributed by atoms with Gasteiger partial charge in [-0.15, -0.1) is 0 Å². The molecule has 1 fully saturated rings. The molecule has 1 heterocycles. The third-order valence-electron chi connectivity index (χ3n) is 4.68. The van der Waals surface area contributed by atoms with Crippen molar-refractivity contribution >= 4 is 11.8 Å². The minimum Gasteiger partial charge on any atom is -0.497 e. The maximum Gasteiger partial charge on any atom is 0.248 e. The smallest absolute Gasteiger partial charge is 0.248 e. The molecule has 1 aliphatic rings. The molecule has 138 valence electrons. The van der Waals surface area contributed by atoms with Crippen molar-refractivity contribution in [3.05, 3.63) is 29.8 Å². The highest BCUT2D eigenvalue weighted by atomic mass is 16.5. The zero-order valence-corrected chi connectivity index (χ0v) is 15.1. The van der Waals surface area contributed by atoms with Crippen LogP contribution in [0.15, 0.2) is 24.3 Å². The van der Waals surface area contributed by atoms with Gasteiger partial charge in [-0.1, -0.05) is 12.1 Å². The van der Waals surface area contributed by atoms with Gasteiger partial charge in [-0.2, -0.15) is 0 Å². The number of piperazine rings is 1. The molecule has 1 saturated heterocycles. The number of nitrogens with zero attached hydrogens (tertiary/aromatic N) is 2. The number of rotatable bonds is 7. The lowest BCUT2D eigenvalue weighted by Crippen LogP contribution is -2.56. The number of benzene rings is 1. The van der Waals surface area contributed by atoms with E-state index in [1.165, 1.54) is 7.11 Å². The van der Waals surface area contributed by atoms with Crippen LogP contribution in [0.2, 0.25) is 0 Å². The predicted octanol–water partition coefficient (Wildman–Crippen LogP) is 0.791.